The molecule has 2 fully saturated rings. The predicted molar refractivity (Wildman–Crippen MR) is 136 cm³/mol. The molecule has 2 aliphatic heterocycles. The van der Waals surface area contributed by atoms with E-state index < -0.39 is 35.0 Å². The van der Waals surface area contributed by atoms with Crippen LogP contribution in [0.15, 0.2) is 12.2 Å². The first-order valence-corrected chi connectivity index (χ1v) is 13.0. The quantitative estimate of drug-likeness (QED) is 0.296. The summed E-state index contributed by atoms with van der Waals surface area (Å²) in [7, 11) is 0. The van der Waals surface area contributed by atoms with Crippen molar-refractivity contribution in [2.45, 2.75) is 78.5 Å². The Hall–Kier alpha value is -3.11. The lowest BCUT2D eigenvalue weighted by Gasteiger charge is -2.35. The first-order chi connectivity index (χ1) is 17.2. The second-order valence-electron chi connectivity index (χ2n) is 10.8. The van der Waals surface area contributed by atoms with Crippen molar-refractivity contribution in [3.8, 4) is 0 Å². The molecule has 2 saturated heterocycles. The van der Waals surface area contributed by atoms with E-state index in [1.54, 1.807) is 22.8 Å². The Balaban J connectivity index is 1.90. The van der Waals surface area contributed by atoms with Gasteiger partial charge in [0.05, 0.1) is 12.5 Å². The molecule has 0 aromatic carbocycles. The highest BCUT2D eigenvalue weighted by molar-refractivity contribution is 5.92. The van der Waals surface area contributed by atoms with Crippen LogP contribution in [0, 0.1) is 11.8 Å². The zero-order valence-corrected chi connectivity index (χ0v) is 22.9. The van der Waals surface area contributed by atoms with Crippen molar-refractivity contribution in [2.24, 2.45) is 11.8 Å². The van der Waals surface area contributed by atoms with Gasteiger partial charge in [-0.2, -0.15) is 0 Å². The van der Waals surface area contributed by atoms with Gasteiger partial charge >= 0.3 is 12.1 Å². The van der Waals surface area contributed by atoms with Gasteiger partial charge in [0.25, 0.3) is 0 Å². The smallest absolute Gasteiger partial charge is 0.410 e. The molecule has 37 heavy (non-hydrogen) atoms. The average molecular weight is 523 g/mol. The molecule has 0 aromatic rings. The Labute approximate surface area is 219 Å². The van der Waals surface area contributed by atoms with E-state index in [0.29, 0.717) is 32.5 Å². The van der Waals surface area contributed by atoms with Gasteiger partial charge in [-0.3, -0.25) is 14.4 Å². The number of rotatable bonds is 7. The van der Waals surface area contributed by atoms with Gasteiger partial charge in [-0.15, -0.1) is 0 Å². The van der Waals surface area contributed by atoms with Crippen LogP contribution in [0.25, 0.3) is 0 Å². The fourth-order valence-corrected chi connectivity index (χ4v) is 4.43. The summed E-state index contributed by atoms with van der Waals surface area (Å²) >= 11 is 0. The van der Waals surface area contributed by atoms with Crippen LogP contribution in [0.5, 0.6) is 0 Å². The third-order valence-corrected chi connectivity index (χ3v) is 6.29. The maximum atomic E-state index is 13.0. The van der Waals surface area contributed by atoms with Crippen LogP contribution in [-0.4, -0.2) is 83.6 Å². The molecule has 4 amide bonds. The number of likely N-dealkylation sites (tertiary alicyclic amines) is 2. The van der Waals surface area contributed by atoms with E-state index in [9.17, 15) is 24.0 Å². The van der Waals surface area contributed by atoms with Gasteiger partial charge in [0, 0.05) is 33.1 Å². The fourth-order valence-electron chi connectivity index (χ4n) is 4.43. The first kappa shape index (κ1) is 30.1. The second kappa shape index (κ2) is 12.9. The fraction of sp³-hybridized carbons (Fsp3) is 0.731. The third-order valence-electron chi connectivity index (χ3n) is 6.29. The van der Waals surface area contributed by atoms with Crippen LogP contribution in [0.2, 0.25) is 0 Å². The summed E-state index contributed by atoms with van der Waals surface area (Å²) in [5.41, 5.74) is -2.23. The highest BCUT2D eigenvalue weighted by atomic mass is 16.6. The highest BCUT2D eigenvalue weighted by Gasteiger charge is 2.40. The number of ether oxygens (including phenoxy) is 2. The van der Waals surface area contributed by atoms with Crippen molar-refractivity contribution in [1.29, 1.82) is 0 Å². The molecule has 0 unspecified atom stereocenters. The molecule has 2 rings (SSSR count). The third kappa shape index (κ3) is 9.36. The average Bonchev–Trinajstić information content (AvgIpc) is 2.81. The number of hydrogen-bond donors (Lipinski definition) is 2. The van der Waals surface area contributed by atoms with Crippen LogP contribution in [-0.2, 0) is 28.7 Å². The van der Waals surface area contributed by atoms with Gasteiger partial charge in [-0.1, -0.05) is 6.08 Å². The summed E-state index contributed by atoms with van der Waals surface area (Å²) in [5, 5.41) is 5.06. The summed E-state index contributed by atoms with van der Waals surface area (Å²) in [6.45, 7) is 11.8. The SMILES string of the molecule is CCOC(=O)[C@@](C)(NC(C)=O)NC(=O)[C@@H]1CCCN(C(=O)/C=C/C2CCN(C(=O)OC(C)(C)C)CC2)C1. The van der Waals surface area contributed by atoms with E-state index in [2.05, 4.69) is 10.6 Å². The van der Waals surface area contributed by atoms with Gasteiger partial charge < -0.3 is 29.9 Å². The van der Waals surface area contributed by atoms with Crippen molar-refractivity contribution in [3.05, 3.63) is 12.2 Å². The Morgan fingerprint density at radius 2 is 1.59 bits per heavy atom. The molecule has 2 aliphatic rings. The second-order valence-corrected chi connectivity index (χ2v) is 10.8. The molecule has 0 saturated carbocycles. The molecule has 11 heteroatoms. The summed E-state index contributed by atoms with van der Waals surface area (Å²) in [5.74, 6) is -2.20. The first-order valence-electron chi connectivity index (χ1n) is 13.0. The number of amides is 4. The van der Waals surface area contributed by atoms with Crippen molar-refractivity contribution in [3.63, 3.8) is 0 Å². The zero-order chi connectivity index (χ0) is 27.8. The largest absolute Gasteiger partial charge is 0.463 e. The molecule has 2 atom stereocenters. The molecule has 0 aliphatic carbocycles. The minimum absolute atomic E-state index is 0.0992. The lowest BCUT2D eigenvalue weighted by Crippen LogP contribution is -2.65. The summed E-state index contributed by atoms with van der Waals surface area (Å²) in [6, 6.07) is 0. The highest BCUT2D eigenvalue weighted by Crippen LogP contribution is 2.22. The number of allylic oxidation sites excluding steroid dienone is 1. The van der Waals surface area contributed by atoms with Crippen molar-refractivity contribution < 1.29 is 33.4 Å². The van der Waals surface area contributed by atoms with E-state index >= 15 is 0 Å². The normalized spacial score (nSPS) is 20.6. The number of carbonyl (C=O) groups excluding carboxylic acids is 5. The molecule has 2 heterocycles. The van der Waals surface area contributed by atoms with Crippen LogP contribution in [0.1, 0.15) is 67.2 Å². The maximum Gasteiger partial charge on any atom is 0.410 e. The van der Waals surface area contributed by atoms with E-state index in [1.165, 1.54) is 13.8 Å². The van der Waals surface area contributed by atoms with Crippen LogP contribution in [0.3, 0.4) is 0 Å². The van der Waals surface area contributed by atoms with Crippen molar-refractivity contribution in [1.82, 2.24) is 20.4 Å². The van der Waals surface area contributed by atoms with Gasteiger partial charge in [0.15, 0.2) is 0 Å². The zero-order valence-electron chi connectivity index (χ0n) is 22.9. The molecule has 2 N–H and O–H groups in total. The topological polar surface area (TPSA) is 134 Å². The number of nitrogens with zero attached hydrogens (tertiary/aromatic N) is 2. The molecule has 208 valence electrons. The molecule has 0 aromatic heterocycles. The predicted octanol–water partition coefficient (Wildman–Crippen LogP) is 1.96. The van der Waals surface area contributed by atoms with Crippen molar-refractivity contribution >= 4 is 29.8 Å². The maximum absolute atomic E-state index is 13.0. The molecular weight excluding hydrogens is 480 g/mol. The monoisotopic (exact) mass is 522 g/mol. The Bertz CT molecular complexity index is 890. The molecular formula is C26H42N4O7. The van der Waals surface area contributed by atoms with Gasteiger partial charge in [0.2, 0.25) is 23.4 Å². The number of piperidine rings is 2. The van der Waals surface area contributed by atoms with Gasteiger partial charge in [-0.05, 0) is 72.3 Å². The summed E-state index contributed by atoms with van der Waals surface area (Å²) in [6.07, 6.45) is 5.79. The van der Waals surface area contributed by atoms with E-state index in [0.717, 1.165) is 12.8 Å². The Morgan fingerprint density at radius 1 is 0.946 bits per heavy atom. The summed E-state index contributed by atoms with van der Waals surface area (Å²) in [4.78, 5) is 65.4. The van der Waals surface area contributed by atoms with E-state index in [-0.39, 0.29) is 31.1 Å². The number of nitrogens with one attached hydrogen (secondary N) is 2. The Kier molecular flexibility index (Phi) is 10.5. The van der Waals surface area contributed by atoms with E-state index in [4.69, 9.17) is 9.47 Å². The minimum Gasteiger partial charge on any atom is -0.463 e. The minimum atomic E-state index is -1.70. The number of esters is 1. The molecule has 0 bridgehead atoms. The van der Waals surface area contributed by atoms with Gasteiger partial charge in [-0.25, -0.2) is 9.59 Å². The standard InChI is InChI=1S/C26H42N4O7/c1-7-36-23(34)26(6,27-18(2)31)28-22(33)20-9-8-14-30(17-20)21(32)11-10-19-12-15-29(16-13-19)24(35)37-25(3,4)5/h10-11,19-20H,7-9,12-17H2,1-6H3,(H,27,31)(H,28,33)/b11-10+/t20-,26+/m1/s1. The van der Waals surface area contributed by atoms with Crippen LogP contribution >= 0.6 is 0 Å². The molecule has 0 radical (unpaired) electrons. The van der Waals surface area contributed by atoms with Crippen LogP contribution < -0.4 is 10.6 Å². The van der Waals surface area contributed by atoms with Gasteiger partial charge in [0.1, 0.15) is 5.60 Å². The molecule has 11 nitrogen and oxygen atoms in total. The summed E-state index contributed by atoms with van der Waals surface area (Å²) < 4.78 is 10.4. The number of hydrogen-bond acceptors (Lipinski definition) is 7. The van der Waals surface area contributed by atoms with E-state index in [1.807, 2.05) is 26.8 Å². The lowest BCUT2D eigenvalue weighted by molar-refractivity contribution is -0.156. The Morgan fingerprint density at radius 3 is 2.16 bits per heavy atom. The lowest BCUT2D eigenvalue weighted by atomic mass is 9.95. The number of carbonyl (C=O) groups is 5. The van der Waals surface area contributed by atoms with Crippen LogP contribution in [0.4, 0.5) is 4.79 Å². The molecule has 0 spiro atoms. The van der Waals surface area contributed by atoms with Crippen molar-refractivity contribution in [2.75, 3.05) is 32.8 Å².